The average molecular weight is 559 g/mol. The van der Waals surface area contributed by atoms with E-state index in [1.807, 2.05) is 12.4 Å². The van der Waals surface area contributed by atoms with E-state index in [-0.39, 0.29) is 34.8 Å². The highest BCUT2D eigenvalue weighted by atomic mass is 35.5. The molecular formula is C25H24ClFN6O4S. The number of aromatic nitrogens is 3. The molecule has 0 radical (unpaired) electrons. The number of thiazole rings is 1. The van der Waals surface area contributed by atoms with Crippen LogP contribution in [-0.4, -0.2) is 64.4 Å². The average Bonchev–Trinajstić information content (AvgIpc) is 3.51. The number of halogens is 2. The molecule has 0 saturated carbocycles. The summed E-state index contributed by atoms with van der Waals surface area (Å²) in [5, 5.41) is 8.77. The van der Waals surface area contributed by atoms with Crippen molar-refractivity contribution in [3.05, 3.63) is 84.1 Å². The van der Waals surface area contributed by atoms with Gasteiger partial charge in [-0.15, -0.1) is 11.3 Å². The largest absolute Gasteiger partial charge is 0.466 e. The van der Waals surface area contributed by atoms with Gasteiger partial charge in [0, 0.05) is 59.6 Å². The van der Waals surface area contributed by atoms with E-state index in [0.717, 1.165) is 5.69 Å². The van der Waals surface area contributed by atoms with Crippen LogP contribution < -0.4 is 10.9 Å². The van der Waals surface area contributed by atoms with E-state index in [1.165, 1.54) is 36.6 Å². The van der Waals surface area contributed by atoms with E-state index < -0.39 is 17.8 Å². The van der Waals surface area contributed by atoms with Crippen LogP contribution in [0.4, 0.5) is 4.39 Å². The van der Waals surface area contributed by atoms with Crippen molar-refractivity contribution in [3.63, 3.8) is 0 Å². The summed E-state index contributed by atoms with van der Waals surface area (Å²) in [7, 11) is 3.14. The predicted octanol–water partition coefficient (Wildman–Crippen LogP) is 2.48. The van der Waals surface area contributed by atoms with Gasteiger partial charge in [0.05, 0.1) is 37.5 Å². The van der Waals surface area contributed by atoms with Gasteiger partial charge in [-0.2, -0.15) is 0 Å². The lowest BCUT2D eigenvalue weighted by Gasteiger charge is -2.46. The Morgan fingerprint density at radius 3 is 2.95 bits per heavy atom. The van der Waals surface area contributed by atoms with E-state index in [2.05, 4.69) is 20.3 Å². The summed E-state index contributed by atoms with van der Waals surface area (Å²) < 4.78 is 26.7. The van der Waals surface area contributed by atoms with Crippen molar-refractivity contribution in [3.8, 4) is 0 Å². The summed E-state index contributed by atoms with van der Waals surface area (Å²) in [5.41, 5.74) is 2.76. The van der Waals surface area contributed by atoms with Gasteiger partial charge in [0.2, 0.25) is 0 Å². The number of ether oxygens (including phenoxy) is 2. The lowest BCUT2D eigenvalue weighted by atomic mass is 9.90. The molecule has 2 N–H and O–H groups in total. The van der Waals surface area contributed by atoms with Crippen molar-refractivity contribution in [2.45, 2.75) is 24.5 Å². The van der Waals surface area contributed by atoms with Crippen molar-refractivity contribution in [2.24, 2.45) is 12.0 Å². The first kappa shape index (κ1) is 25.0. The number of hydrogen-bond donors (Lipinski definition) is 2. The van der Waals surface area contributed by atoms with E-state index in [9.17, 15) is 14.0 Å². The molecular weight excluding hydrogens is 535 g/mol. The number of morpholine rings is 1. The molecule has 1 aromatic carbocycles. The third-order valence-electron chi connectivity index (χ3n) is 7.21. The number of rotatable bonds is 5. The fourth-order valence-electron chi connectivity index (χ4n) is 5.48. The normalized spacial score (nSPS) is 23.1. The Hall–Kier alpha value is -3.32. The minimum atomic E-state index is -0.859. The van der Waals surface area contributed by atoms with Crippen LogP contribution in [0.3, 0.4) is 0 Å². The number of amidine groups is 1. The number of fused-ring (bicyclic) bond motifs is 4. The standard InChI is InChI=1S/C25H24ClFN6O4S/c1-32-17-8-13-10-37-11-18(20(17)23(34)31-32)33(13)9-16-19(25(35)36-2)21(14-4-3-12(27)7-15(14)26)30-22(29-16)24-28-5-6-38-24/h3-7,13,18,21H,8-11H2,1-2H3,(H,29,30)(H,31,34)/t13?,18-,21?/m0/s1. The van der Waals surface area contributed by atoms with Crippen LogP contribution in [0.25, 0.3) is 0 Å². The lowest BCUT2D eigenvalue weighted by Crippen LogP contribution is -2.54. The van der Waals surface area contributed by atoms with E-state index in [0.29, 0.717) is 47.3 Å². The highest BCUT2D eigenvalue weighted by Gasteiger charge is 2.43. The second kappa shape index (κ2) is 9.77. The summed E-state index contributed by atoms with van der Waals surface area (Å²) in [6, 6.07) is 2.82. The quantitative estimate of drug-likeness (QED) is 0.462. The van der Waals surface area contributed by atoms with Gasteiger partial charge >= 0.3 is 5.97 Å². The topological polar surface area (TPSA) is 114 Å². The molecule has 5 heterocycles. The molecule has 6 rings (SSSR count). The number of benzene rings is 1. The zero-order valence-electron chi connectivity index (χ0n) is 20.5. The first-order valence-corrected chi connectivity index (χ1v) is 13.2. The van der Waals surface area contributed by atoms with Crippen molar-refractivity contribution < 1.29 is 18.7 Å². The summed E-state index contributed by atoms with van der Waals surface area (Å²) in [5.74, 6) is -0.619. The summed E-state index contributed by atoms with van der Waals surface area (Å²) in [6.07, 6.45) is 2.28. The molecule has 1 saturated heterocycles. The Bertz CT molecular complexity index is 1530. The number of H-pyrrole nitrogens is 1. The minimum Gasteiger partial charge on any atom is -0.466 e. The highest BCUT2D eigenvalue weighted by Crippen LogP contribution is 2.39. The first-order chi connectivity index (χ1) is 18.4. The Kier molecular flexibility index (Phi) is 6.42. The van der Waals surface area contributed by atoms with E-state index in [1.54, 1.807) is 10.9 Å². The fraction of sp³-hybridized carbons (Fsp3) is 0.360. The molecule has 10 nitrogen and oxygen atoms in total. The Balaban J connectivity index is 1.47. The monoisotopic (exact) mass is 558 g/mol. The first-order valence-electron chi connectivity index (χ1n) is 12.0. The number of esters is 1. The maximum atomic E-state index is 13.9. The van der Waals surface area contributed by atoms with Gasteiger partial charge in [-0.25, -0.2) is 14.2 Å². The van der Waals surface area contributed by atoms with Crippen LogP contribution in [0.2, 0.25) is 5.02 Å². The number of aryl methyl sites for hydroxylation is 1. The summed E-state index contributed by atoms with van der Waals surface area (Å²) in [6.45, 7) is 1.12. The molecule has 0 spiro atoms. The number of aliphatic imine (C=N–C) groups is 1. The smallest absolute Gasteiger partial charge is 0.338 e. The second-order valence-corrected chi connectivity index (χ2v) is 10.6. The van der Waals surface area contributed by atoms with Gasteiger partial charge in [0.15, 0.2) is 10.8 Å². The van der Waals surface area contributed by atoms with Gasteiger partial charge in [0.1, 0.15) is 11.9 Å². The van der Waals surface area contributed by atoms with E-state index >= 15 is 0 Å². The maximum Gasteiger partial charge on any atom is 0.338 e. The molecule has 3 aromatic rings. The molecule has 13 heteroatoms. The molecule has 3 aliphatic heterocycles. The van der Waals surface area contributed by atoms with Gasteiger partial charge in [-0.05, 0) is 12.1 Å². The zero-order chi connectivity index (χ0) is 26.6. The Morgan fingerprint density at radius 1 is 1.37 bits per heavy atom. The van der Waals surface area contributed by atoms with Gasteiger partial charge in [0.25, 0.3) is 5.56 Å². The molecule has 0 amide bonds. The second-order valence-electron chi connectivity index (χ2n) is 9.34. The van der Waals surface area contributed by atoms with Gasteiger partial charge < -0.3 is 14.8 Å². The Labute approximate surface area is 225 Å². The van der Waals surface area contributed by atoms with Crippen molar-refractivity contribution in [2.75, 3.05) is 26.9 Å². The fourth-order valence-corrected chi connectivity index (χ4v) is 6.34. The summed E-state index contributed by atoms with van der Waals surface area (Å²) in [4.78, 5) is 37.4. The molecule has 3 atom stereocenters. The minimum absolute atomic E-state index is 0.0223. The number of carbonyl (C=O) groups excluding carboxylic acids is 1. The molecule has 2 bridgehead atoms. The Morgan fingerprint density at radius 2 is 2.21 bits per heavy atom. The molecule has 38 heavy (non-hydrogen) atoms. The summed E-state index contributed by atoms with van der Waals surface area (Å²) >= 11 is 7.85. The van der Waals surface area contributed by atoms with Crippen LogP contribution in [0.5, 0.6) is 0 Å². The SMILES string of the molecule is COC(=O)C1=C(CN2C3COC[C@H]2c2c(n(C)[nH]c2=O)C3)NC(c2nccs2)=NC1c1ccc(F)cc1Cl. The van der Waals surface area contributed by atoms with Crippen molar-refractivity contribution >= 4 is 34.7 Å². The van der Waals surface area contributed by atoms with E-state index in [4.69, 9.17) is 26.1 Å². The number of carbonyl (C=O) groups is 1. The predicted molar refractivity (Wildman–Crippen MR) is 139 cm³/mol. The third kappa shape index (κ3) is 4.17. The van der Waals surface area contributed by atoms with Crippen LogP contribution in [0.1, 0.15) is 33.9 Å². The van der Waals surface area contributed by atoms with Gasteiger partial charge in [-0.1, -0.05) is 17.7 Å². The number of nitrogens with zero attached hydrogens (tertiary/aromatic N) is 4. The van der Waals surface area contributed by atoms with Crippen LogP contribution >= 0.6 is 22.9 Å². The molecule has 198 valence electrons. The molecule has 3 aliphatic rings. The number of methoxy groups -OCH3 is 1. The highest BCUT2D eigenvalue weighted by molar-refractivity contribution is 7.11. The lowest BCUT2D eigenvalue weighted by molar-refractivity contribution is -0.136. The molecule has 2 aromatic heterocycles. The number of aromatic amines is 1. The third-order valence-corrected chi connectivity index (χ3v) is 8.32. The molecule has 0 aliphatic carbocycles. The maximum absolute atomic E-state index is 13.9. The molecule has 1 fully saturated rings. The van der Waals surface area contributed by atoms with Gasteiger partial charge in [-0.3, -0.25) is 24.5 Å². The van der Waals surface area contributed by atoms with Crippen molar-refractivity contribution in [1.29, 1.82) is 0 Å². The van der Waals surface area contributed by atoms with Crippen molar-refractivity contribution in [1.82, 2.24) is 25.0 Å². The molecule has 2 unspecified atom stereocenters. The number of nitrogens with one attached hydrogen (secondary N) is 2. The van der Waals surface area contributed by atoms with Crippen LogP contribution in [0, 0.1) is 5.82 Å². The van der Waals surface area contributed by atoms with Crippen LogP contribution in [-0.2, 0) is 27.7 Å². The van der Waals surface area contributed by atoms with Crippen LogP contribution in [0.15, 0.2) is 50.8 Å². The zero-order valence-corrected chi connectivity index (χ0v) is 22.1. The number of hydrogen-bond acceptors (Lipinski definition) is 9.